The molecule has 4 aromatic carbocycles. The molecule has 0 aliphatic heterocycles. The van der Waals surface area contributed by atoms with E-state index in [1.165, 1.54) is 0 Å². The van der Waals surface area contributed by atoms with Gasteiger partial charge in [-0.2, -0.15) is 0 Å². The van der Waals surface area contributed by atoms with Crippen molar-refractivity contribution >= 4 is 176 Å². The van der Waals surface area contributed by atoms with Crippen LogP contribution in [0.25, 0.3) is 0 Å². The average molecular weight is 868 g/mol. The van der Waals surface area contributed by atoms with Crippen LogP contribution in [0.2, 0.25) is 0 Å². The first kappa shape index (κ1) is 38.0. The van der Waals surface area contributed by atoms with Gasteiger partial charge in [-0.3, -0.25) is 0 Å². The molecule has 0 fully saturated rings. The van der Waals surface area contributed by atoms with Crippen molar-refractivity contribution in [3.63, 3.8) is 0 Å². The van der Waals surface area contributed by atoms with E-state index < -0.39 is 31.0 Å². The maximum absolute atomic E-state index is 6.50. The van der Waals surface area contributed by atoms with Gasteiger partial charge < -0.3 is 0 Å². The van der Waals surface area contributed by atoms with Crippen LogP contribution in [-0.4, -0.2) is 12.3 Å². The summed E-state index contributed by atoms with van der Waals surface area (Å²) >= 11 is 78.0. The predicted octanol–water partition coefficient (Wildman–Crippen LogP) is 12.6. The van der Waals surface area contributed by atoms with Gasteiger partial charge in [0.25, 0.3) is 0 Å². The minimum absolute atomic E-state index is 0.531. The lowest BCUT2D eigenvalue weighted by molar-refractivity contribution is 1.25. The second-order valence-corrected chi connectivity index (χ2v) is 23.0. The first-order chi connectivity index (χ1) is 20.4. The molecule has 14 heteroatoms. The normalized spacial score (nSPS) is 13.1. The van der Waals surface area contributed by atoms with E-state index in [9.17, 15) is 0 Å². The van der Waals surface area contributed by atoms with Crippen LogP contribution in [0.5, 0.6) is 0 Å². The largest absolute Gasteiger partial charge is 0.216 e. The Kier molecular flexibility index (Phi) is 13.3. The molecule has 4 aromatic rings. The lowest BCUT2D eigenvalue weighted by atomic mass is 10.2. The summed E-state index contributed by atoms with van der Waals surface area (Å²) in [6.07, 6.45) is 1.11. The molecule has 0 radical (unpaired) electrons. The summed E-state index contributed by atoms with van der Waals surface area (Å²) in [5.74, 6) is 0. The van der Waals surface area contributed by atoms with Crippen LogP contribution in [0.4, 0.5) is 0 Å². The van der Waals surface area contributed by atoms with Crippen LogP contribution in [0, 0.1) is 0 Å². The Morgan fingerprint density at radius 1 is 0.318 bits per heavy atom. The van der Waals surface area contributed by atoms with E-state index in [0.717, 1.165) is 21.2 Å². The minimum Gasteiger partial charge on any atom is -0.0784 e. The Morgan fingerprint density at radius 2 is 0.500 bits per heavy atom. The quantitative estimate of drug-likeness (QED) is 0.128. The topological polar surface area (TPSA) is 0 Å². The third-order valence-corrected chi connectivity index (χ3v) is 14.6. The molecule has 0 atom stereocenters. The molecular formula is C30H20Cl12P2. The average Bonchev–Trinajstić information content (AvgIpc) is 2.94. The van der Waals surface area contributed by atoms with Crippen molar-refractivity contribution in [1.29, 1.82) is 0 Å². The van der Waals surface area contributed by atoms with Gasteiger partial charge >= 0.3 is 0 Å². The highest BCUT2D eigenvalue weighted by Crippen LogP contribution is 2.52. The summed E-state index contributed by atoms with van der Waals surface area (Å²) in [4.78, 5) is 0. The highest BCUT2D eigenvalue weighted by Gasteiger charge is 2.37. The smallest absolute Gasteiger partial charge is 0.0784 e. The molecule has 44 heavy (non-hydrogen) atoms. The van der Waals surface area contributed by atoms with E-state index in [1.807, 2.05) is 72.8 Å². The standard InChI is InChI=1S/C30H20Cl12P2/c31-27(32,33)19-9-1-5-13-23(19)43(24-14-6-2-10-20(24)28(34,35)36)17-18-44(25-15-7-3-11-21(25)29(37,38)39)26-16-8-4-12-22(26)30(40,41)42/h1-16H,17-18H2. The van der Waals surface area contributed by atoms with Crippen molar-refractivity contribution in [1.82, 2.24) is 0 Å². The molecule has 0 heterocycles. The molecule has 0 saturated carbocycles. The van der Waals surface area contributed by atoms with Crippen LogP contribution in [0.3, 0.4) is 0 Å². The molecule has 0 bridgehead atoms. The highest BCUT2D eigenvalue weighted by atomic mass is 35.6. The van der Waals surface area contributed by atoms with Crippen molar-refractivity contribution in [3.8, 4) is 0 Å². The Bertz CT molecular complexity index is 1350. The van der Waals surface area contributed by atoms with Crippen molar-refractivity contribution in [3.05, 3.63) is 119 Å². The van der Waals surface area contributed by atoms with E-state index in [4.69, 9.17) is 139 Å². The van der Waals surface area contributed by atoms with Crippen molar-refractivity contribution in [2.45, 2.75) is 15.2 Å². The molecular weight excluding hydrogens is 848 g/mol. The molecule has 0 saturated heterocycles. The molecule has 0 aliphatic carbocycles. The minimum atomic E-state index is -1.71. The molecule has 0 unspecified atom stereocenters. The molecule has 0 N–H and O–H groups in total. The van der Waals surface area contributed by atoms with Gasteiger partial charge in [-0.05, 0) is 49.4 Å². The Balaban J connectivity index is 1.96. The molecule has 0 amide bonds. The van der Waals surface area contributed by atoms with Crippen LogP contribution in [0.15, 0.2) is 97.1 Å². The van der Waals surface area contributed by atoms with E-state index in [1.54, 1.807) is 24.3 Å². The van der Waals surface area contributed by atoms with Crippen LogP contribution >= 0.6 is 155 Å². The third-order valence-electron chi connectivity index (χ3n) is 6.55. The molecule has 0 nitrogen and oxygen atoms in total. The number of rotatable bonds is 7. The second-order valence-electron chi connectivity index (χ2n) is 9.36. The van der Waals surface area contributed by atoms with Crippen LogP contribution in [-0.2, 0) is 15.2 Å². The van der Waals surface area contributed by atoms with E-state index in [2.05, 4.69) is 0 Å². The zero-order chi connectivity index (χ0) is 32.5. The van der Waals surface area contributed by atoms with Gasteiger partial charge in [0, 0.05) is 22.3 Å². The van der Waals surface area contributed by atoms with Crippen molar-refractivity contribution in [2.24, 2.45) is 0 Å². The molecule has 0 spiro atoms. The van der Waals surface area contributed by atoms with Crippen LogP contribution < -0.4 is 21.2 Å². The van der Waals surface area contributed by atoms with Crippen LogP contribution in [0.1, 0.15) is 22.3 Å². The number of hydrogen-bond donors (Lipinski definition) is 0. The summed E-state index contributed by atoms with van der Waals surface area (Å²) in [5.41, 5.74) is 2.12. The molecule has 4 rings (SSSR count). The fraction of sp³-hybridized carbons (Fsp3) is 0.200. The summed E-state index contributed by atoms with van der Waals surface area (Å²) in [6.45, 7) is 0. The van der Waals surface area contributed by atoms with Gasteiger partial charge in [0.1, 0.15) is 0 Å². The van der Waals surface area contributed by atoms with E-state index in [-0.39, 0.29) is 0 Å². The van der Waals surface area contributed by atoms with Crippen molar-refractivity contribution < 1.29 is 0 Å². The summed E-state index contributed by atoms with van der Waals surface area (Å²) < 4.78 is -6.83. The maximum Gasteiger partial charge on any atom is 0.216 e. The Labute approximate surface area is 319 Å². The predicted molar refractivity (Wildman–Crippen MR) is 205 cm³/mol. The molecule has 234 valence electrons. The van der Waals surface area contributed by atoms with Gasteiger partial charge in [-0.15, -0.1) is 0 Å². The van der Waals surface area contributed by atoms with E-state index in [0.29, 0.717) is 34.6 Å². The second kappa shape index (κ2) is 15.4. The number of halogens is 12. The fourth-order valence-electron chi connectivity index (χ4n) is 4.74. The zero-order valence-corrected chi connectivity index (χ0v) is 32.9. The number of alkyl halides is 12. The number of benzene rings is 4. The third kappa shape index (κ3) is 9.46. The lowest BCUT2D eigenvalue weighted by Crippen LogP contribution is -2.29. The van der Waals surface area contributed by atoms with Crippen molar-refractivity contribution in [2.75, 3.05) is 12.3 Å². The SMILES string of the molecule is ClC(Cl)(Cl)c1ccccc1P(CCP(c1ccccc1C(Cl)(Cl)Cl)c1ccccc1C(Cl)(Cl)Cl)c1ccccc1C(Cl)(Cl)Cl. The first-order valence-electron chi connectivity index (χ1n) is 12.6. The Morgan fingerprint density at radius 3 is 0.682 bits per heavy atom. The summed E-state index contributed by atoms with van der Waals surface area (Å²) in [7, 11) is -2.60. The Hall–Kier alpha value is 1.22. The van der Waals surface area contributed by atoms with Gasteiger partial charge in [0.05, 0.1) is 0 Å². The molecule has 0 aliphatic rings. The first-order valence-corrected chi connectivity index (χ1v) is 20.2. The number of hydrogen-bond acceptors (Lipinski definition) is 0. The van der Waals surface area contributed by atoms with E-state index >= 15 is 0 Å². The fourth-order valence-corrected chi connectivity index (χ4v) is 13.8. The zero-order valence-electron chi connectivity index (χ0n) is 22.1. The van der Waals surface area contributed by atoms with Gasteiger partial charge in [-0.25, -0.2) is 0 Å². The lowest BCUT2D eigenvalue weighted by Gasteiger charge is -2.31. The summed E-state index contributed by atoms with van der Waals surface area (Å²) in [5, 5.41) is 3.29. The van der Waals surface area contributed by atoms with Gasteiger partial charge in [-0.1, -0.05) is 236 Å². The monoisotopic (exact) mass is 862 g/mol. The summed E-state index contributed by atoms with van der Waals surface area (Å²) in [6, 6.07) is 29.7. The maximum atomic E-state index is 6.50. The van der Waals surface area contributed by atoms with Gasteiger partial charge in [0.15, 0.2) is 0 Å². The highest BCUT2D eigenvalue weighted by molar-refractivity contribution is 7.77. The van der Waals surface area contributed by atoms with Gasteiger partial charge in [0.2, 0.25) is 15.2 Å². The molecule has 0 aromatic heterocycles.